The Morgan fingerprint density at radius 2 is 1.64 bits per heavy atom. The van der Waals surface area contributed by atoms with Gasteiger partial charge in [-0.15, -0.1) is 0 Å². The van der Waals surface area contributed by atoms with Crippen LogP contribution in [-0.2, 0) is 13.1 Å². The summed E-state index contributed by atoms with van der Waals surface area (Å²) < 4.78 is 10.5. The van der Waals surface area contributed by atoms with E-state index in [9.17, 15) is 10.1 Å². The van der Waals surface area contributed by atoms with Crippen molar-refractivity contribution in [2.45, 2.75) is 38.5 Å². The van der Waals surface area contributed by atoms with Crippen LogP contribution in [0.15, 0.2) is 61.7 Å². The molecule has 8 heteroatoms. The van der Waals surface area contributed by atoms with Crippen LogP contribution >= 0.6 is 0 Å². The minimum absolute atomic E-state index is 0.0100. The molecule has 4 rings (SSSR count). The maximum Gasteiger partial charge on any atom is 0.310 e. The number of imidazole rings is 2. The lowest BCUT2D eigenvalue weighted by Gasteiger charge is -2.38. The molecule has 0 spiro atoms. The predicted octanol–water partition coefficient (Wildman–Crippen LogP) is 3.55. The van der Waals surface area contributed by atoms with Gasteiger partial charge in [0.2, 0.25) is 0 Å². The van der Waals surface area contributed by atoms with E-state index in [0.29, 0.717) is 5.75 Å². The Bertz CT molecular complexity index is 850. The SMILES string of the molecule is O=[N+]([O-])c1ccccc1OC1C(Cn2ccnc2)CCCC1Cn1ccnc1. The summed E-state index contributed by atoms with van der Waals surface area (Å²) in [5.41, 5.74) is 0.0100. The van der Waals surface area contributed by atoms with Gasteiger partial charge in [0, 0.05) is 55.8 Å². The molecule has 3 aromatic rings. The van der Waals surface area contributed by atoms with E-state index in [0.717, 1.165) is 32.4 Å². The van der Waals surface area contributed by atoms with E-state index < -0.39 is 0 Å². The van der Waals surface area contributed by atoms with Crippen molar-refractivity contribution >= 4 is 5.69 Å². The van der Waals surface area contributed by atoms with Crippen LogP contribution in [0.2, 0.25) is 0 Å². The fourth-order valence-corrected chi connectivity index (χ4v) is 4.12. The van der Waals surface area contributed by atoms with Gasteiger partial charge in [0.25, 0.3) is 0 Å². The number of nitro benzene ring substituents is 1. The first kappa shape index (κ1) is 18.2. The number of hydrogen-bond donors (Lipinski definition) is 0. The normalized spacial score (nSPS) is 22.1. The van der Waals surface area contributed by atoms with E-state index in [-0.39, 0.29) is 28.6 Å². The van der Waals surface area contributed by atoms with E-state index >= 15 is 0 Å². The number of ether oxygens (including phenoxy) is 1. The number of nitrogens with zero attached hydrogens (tertiary/aromatic N) is 5. The second-order valence-electron chi connectivity index (χ2n) is 7.28. The van der Waals surface area contributed by atoms with Crippen molar-refractivity contribution in [3.05, 3.63) is 71.8 Å². The number of rotatable bonds is 7. The number of hydrogen-bond acceptors (Lipinski definition) is 5. The maximum absolute atomic E-state index is 11.4. The topological polar surface area (TPSA) is 88.0 Å². The molecule has 1 aliphatic carbocycles. The van der Waals surface area contributed by atoms with Crippen molar-refractivity contribution in [1.82, 2.24) is 19.1 Å². The molecule has 2 unspecified atom stereocenters. The van der Waals surface area contributed by atoms with Crippen LogP contribution in [0.1, 0.15) is 19.3 Å². The van der Waals surface area contributed by atoms with E-state index in [4.69, 9.17) is 4.74 Å². The first-order valence-electron chi connectivity index (χ1n) is 9.52. The van der Waals surface area contributed by atoms with Crippen LogP contribution in [0, 0.1) is 22.0 Å². The van der Waals surface area contributed by atoms with Crippen LogP contribution in [-0.4, -0.2) is 30.1 Å². The molecule has 0 saturated heterocycles. The average molecular weight is 381 g/mol. The van der Waals surface area contributed by atoms with Gasteiger partial charge >= 0.3 is 5.69 Å². The highest BCUT2D eigenvalue weighted by atomic mass is 16.6. The van der Waals surface area contributed by atoms with Gasteiger partial charge in [-0.3, -0.25) is 10.1 Å². The molecule has 0 amide bonds. The molecule has 0 radical (unpaired) electrons. The zero-order chi connectivity index (χ0) is 19.3. The summed E-state index contributed by atoms with van der Waals surface area (Å²) in [6.07, 6.45) is 14.1. The molecule has 1 aliphatic rings. The van der Waals surface area contributed by atoms with Gasteiger partial charge in [0.1, 0.15) is 6.10 Å². The monoisotopic (exact) mass is 381 g/mol. The largest absolute Gasteiger partial charge is 0.483 e. The fraction of sp³-hybridized carbons (Fsp3) is 0.400. The summed E-state index contributed by atoms with van der Waals surface area (Å²) in [7, 11) is 0. The Morgan fingerprint density at radius 3 is 2.18 bits per heavy atom. The third kappa shape index (κ3) is 4.05. The Hall–Kier alpha value is -3.16. The summed E-state index contributed by atoms with van der Waals surface area (Å²) in [5, 5.41) is 11.4. The Balaban J connectivity index is 1.61. The molecular weight excluding hydrogens is 358 g/mol. The van der Waals surface area contributed by atoms with Crippen molar-refractivity contribution in [2.75, 3.05) is 0 Å². The highest BCUT2D eigenvalue weighted by Gasteiger charge is 2.36. The molecule has 28 heavy (non-hydrogen) atoms. The molecule has 146 valence electrons. The maximum atomic E-state index is 11.4. The summed E-state index contributed by atoms with van der Waals surface area (Å²) in [4.78, 5) is 19.3. The standard InChI is InChI=1S/C20H23N5O3/c26-25(27)18-6-1-2-7-19(18)28-20-16(12-23-10-8-21-14-23)4-3-5-17(20)13-24-11-9-22-15-24/h1-2,6-11,14-17,20H,3-5,12-13H2. The lowest BCUT2D eigenvalue weighted by Crippen LogP contribution is -2.42. The second kappa shape index (κ2) is 8.24. The van der Waals surface area contributed by atoms with Crippen LogP contribution in [0.3, 0.4) is 0 Å². The summed E-state index contributed by atoms with van der Waals surface area (Å²) in [5.74, 6) is 0.832. The molecule has 0 bridgehead atoms. The summed E-state index contributed by atoms with van der Waals surface area (Å²) >= 11 is 0. The molecule has 1 saturated carbocycles. The Kier molecular flexibility index (Phi) is 5.36. The van der Waals surface area contributed by atoms with Crippen LogP contribution in [0.5, 0.6) is 5.75 Å². The van der Waals surface area contributed by atoms with Crippen molar-refractivity contribution in [3.63, 3.8) is 0 Å². The van der Waals surface area contributed by atoms with E-state index in [1.54, 1.807) is 30.6 Å². The highest BCUT2D eigenvalue weighted by molar-refractivity contribution is 5.45. The quantitative estimate of drug-likeness (QED) is 0.461. The molecule has 1 aromatic carbocycles. The average Bonchev–Trinajstić information content (AvgIpc) is 3.39. The van der Waals surface area contributed by atoms with Gasteiger partial charge in [-0.05, 0) is 18.9 Å². The number of aromatic nitrogens is 4. The van der Waals surface area contributed by atoms with Gasteiger partial charge in [-0.25, -0.2) is 9.97 Å². The van der Waals surface area contributed by atoms with Crippen molar-refractivity contribution in [2.24, 2.45) is 11.8 Å². The second-order valence-corrected chi connectivity index (χ2v) is 7.28. The van der Waals surface area contributed by atoms with Gasteiger partial charge in [-0.2, -0.15) is 0 Å². The van der Waals surface area contributed by atoms with Crippen LogP contribution < -0.4 is 4.74 Å². The van der Waals surface area contributed by atoms with Gasteiger partial charge < -0.3 is 13.9 Å². The van der Waals surface area contributed by atoms with Crippen LogP contribution in [0.4, 0.5) is 5.69 Å². The van der Waals surface area contributed by atoms with Crippen molar-refractivity contribution in [1.29, 1.82) is 0 Å². The molecule has 2 heterocycles. The van der Waals surface area contributed by atoms with E-state index in [1.807, 2.05) is 25.0 Å². The minimum atomic E-state index is -0.381. The third-order valence-electron chi connectivity index (χ3n) is 5.41. The third-order valence-corrected chi connectivity index (χ3v) is 5.41. The van der Waals surface area contributed by atoms with Gasteiger partial charge in [0.05, 0.1) is 17.6 Å². The van der Waals surface area contributed by atoms with Crippen molar-refractivity contribution in [3.8, 4) is 5.75 Å². The summed E-state index contributed by atoms with van der Waals surface area (Å²) in [6, 6.07) is 6.63. The van der Waals surface area contributed by atoms with E-state index in [1.165, 1.54) is 6.07 Å². The Labute approximate surface area is 163 Å². The molecule has 2 atom stereocenters. The number of nitro groups is 1. The van der Waals surface area contributed by atoms with Gasteiger partial charge in [-0.1, -0.05) is 18.6 Å². The van der Waals surface area contributed by atoms with Crippen molar-refractivity contribution < 1.29 is 9.66 Å². The highest BCUT2D eigenvalue weighted by Crippen LogP contribution is 2.37. The molecule has 8 nitrogen and oxygen atoms in total. The lowest BCUT2D eigenvalue weighted by atomic mass is 9.78. The molecule has 2 aromatic heterocycles. The fourth-order valence-electron chi connectivity index (χ4n) is 4.12. The van der Waals surface area contributed by atoms with Gasteiger partial charge in [0.15, 0.2) is 5.75 Å². The predicted molar refractivity (Wildman–Crippen MR) is 103 cm³/mol. The summed E-state index contributed by atoms with van der Waals surface area (Å²) in [6.45, 7) is 1.57. The molecule has 0 aliphatic heterocycles. The zero-order valence-corrected chi connectivity index (χ0v) is 15.5. The van der Waals surface area contributed by atoms with E-state index in [2.05, 4.69) is 19.1 Å². The Morgan fingerprint density at radius 1 is 1.04 bits per heavy atom. The number of para-hydroxylation sites is 2. The van der Waals surface area contributed by atoms with Crippen LogP contribution in [0.25, 0.3) is 0 Å². The molecule has 1 fully saturated rings. The minimum Gasteiger partial charge on any atom is -0.483 e. The smallest absolute Gasteiger partial charge is 0.310 e. The first-order chi connectivity index (χ1) is 13.7. The molecular formula is C20H23N5O3. The zero-order valence-electron chi connectivity index (χ0n) is 15.5. The first-order valence-corrected chi connectivity index (χ1v) is 9.52. The number of benzene rings is 1. The lowest BCUT2D eigenvalue weighted by molar-refractivity contribution is -0.386. The molecule has 0 N–H and O–H groups in total.